The Morgan fingerprint density at radius 1 is 0.773 bits per heavy atom. The van der Waals surface area contributed by atoms with E-state index in [-0.39, 0.29) is 6.10 Å². The van der Waals surface area contributed by atoms with E-state index in [1.165, 1.54) is 0 Å². The van der Waals surface area contributed by atoms with Gasteiger partial charge < -0.3 is 4.74 Å². The van der Waals surface area contributed by atoms with Crippen LogP contribution in [0.1, 0.15) is 13.8 Å². The van der Waals surface area contributed by atoms with Gasteiger partial charge in [-0.1, -0.05) is 24.3 Å². The van der Waals surface area contributed by atoms with Crippen LogP contribution in [0.2, 0.25) is 0 Å². The van der Waals surface area contributed by atoms with Crippen LogP contribution < -0.4 is 4.74 Å². The summed E-state index contributed by atoms with van der Waals surface area (Å²) in [4.78, 5) is 4.25. The second-order valence-electron chi connectivity index (χ2n) is 5.28. The lowest BCUT2D eigenvalue weighted by atomic mass is 10.0. The molecule has 4 nitrogen and oxygen atoms in total. The summed E-state index contributed by atoms with van der Waals surface area (Å²) >= 11 is 0. The minimum atomic E-state index is 0.138. The van der Waals surface area contributed by atoms with Crippen LogP contribution in [-0.2, 0) is 0 Å². The molecule has 0 amide bonds. The minimum absolute atomic E-state index is 0.138. The van der Waals surface area contributed by atoms with E-state index in [0.29, 0.717) is 0 Å². The zero-order valence-corrected chi connectivity index (χ0v) is 12.6. The van der Waals surface area contributed by atoms with E-state index in [2.05, 4.69) is 39.4 Å². The Morgan fingerprint density at radius 2 is 1.50 bits per heavy atom. The summed E-state index contributed by atoms with van der Waals surface area (Å²) in [7, 11) is 0. The van der Waals surface area contributed by atoms with Gasteiger partial charge in [-0.15, -0.1) is 0 Å². The fourth-order valence-corrected chi connectivity index (χ4v) is 2.23. The molecule has 110 valence electrons. The molecule has 4 heteroatoms. The van der Waals surface area contributed by atoms with Gasteiger partial charge in [0.1, 0.15) is 5.75 Å². The van der Waals surface area contributed by atoms with Crippen molar-refractivity contribution in [3.05, 3.63) is 61.2 Å². The highest BCUT2D eigenvalue weighted by Crippen LogP contribution is 2.26. The zero-order chi connectivity index (χ0) is 15.4. The molecule has 0 fully saturated rings. The van der Waals surface area contributed by atoms with Gasteiger partial charge in [-0.05, 0) is 37.1 Å². The van der Waals surface area contributed by atoms with Crippen LogP contribution >= 0.6 is 0 Å². The van der Waals surface area contributed by atoms with Gasteiger partial charge in [0.15, 0.2) is 0 Å². The number of pyridine rings is 1. The maximum atomic E-state index is 5.69. The highest BCUT2D eigenvalue weighted by Gasteiger charge is 2.04. The lowest BCUT2D eigenvalue weighted by Crippen LogP contribution is -2.05. The van der Waals surface area contributed by atoms with E-state index in [1.54, 1.807) is 18.6 Å². The van der Waals surface area contributed by atoms with Gasteiger partial charge in [-0.25, -0.2) is 0 Å². The minimum Gasteiger partial charge on any atom is -0.489 e. The van der Waals surface area contributed by atoms with Crippen molar-refractivity contribution in [1.29, 1.82) is 0 Å². The quantitative estimate of drug-likeness (QED) is 0.729. The summed E-state index contributed by atoms with van der Waals surface area (Å²) in [5, 5.41) is 7.70. The Hall–Kier alpha value is -2.75. The fourth-order valence-electron chi connectivity index (χ4n) is 2.23. The second kappa shape index (κ2) is 6.35. The van der Waals surface area contributed by atoms with E-state index in [0.717, 1.165) is 28.0 Å². The number of ether oxygens (including phenoxy) is 1. The van der Waals surface area contributed by atoms with E-state index in [1.807, 2.05) is 32.2 Å². The molecule has 0 aliphatic rings. The molecule has 3 rings (SSSR count). The molecule has 0 radical (unpaired) electrons. The maximum absolute atomic E-state index is 5.69. The van der Waals surface area contributed by atoms with E-state index < -0.39 is 0 Å². The van der Waals surface area contributed by atoms with Crippen molar-refractivity contribution in [2.45, 2.75) is 20.0 Å². The SMILES string of the molecule is CC(C)Oc1cncc(-c2ccc(-c3ccnnc3)cc2)c1. The Morgan fingerprint density at radius 3 is 2.14 bits per heavy atom. The number of rotatable bonds is 4. The summed E-state index contributed by atoms with van der Waals surface area (Å²) in [6.45, 7) is 4.01. The van der Waals surface area contributed by atoms with Crippen molar-refractivity contribution in [2.24, 2.45) is 0 Å². The van der Waals surface area contributed by atoms with Gasteiger partial charge in [0.2, 0.25) is 0 Å². The number of hydrogen-bond acceptors (Lipinski definition) is 4. The Bertz CT molecular complexity index is 740. The van der Waals surface area contributed by atoms with Gasteiger partial charge in [0.05, 0.1) is 24.7 Å². The molecule has 0 aliphatic carbocycles. The van der Waals surface area contributed by atoms with Crippen LogP contribution in [-0.4, -0.2) is 21.3 Å². The molecule has 3 aromatic rings. The van der Waals surface area contributed by atoms with Gasteiger partial charge in [-0.2, -0.15) is 10.2 Å². The summed E-state index contributed by atoms with van der Waals surface area (Å²) < 4.78 is 5.69. The number of nitrogens with zero attached hydrogens (tertiary/aromatic N) is 3. The molecule has 2 aromatic heterocycles. The molecule has 0 N–H and O–H groups in total. The van der Waals surface area contributed by atoms with Crippen molar-refractivity contribution in [1.82, 2.24) is 15.2 Å². The summed E-state index contributed by atoms with van der Waals surface area (Å²) in [6.07, 6.45) is 7.17. The van der Waals surface area contributed by atoms with Gasteiger partial charge in [-0.3, -0.25) is 4.98 Å². The van der Waals surface area contributed by atoms with Crippen LogP contribution in [0.3, 0.4) is 0 Å². The predicted molar refractivity (Wildman–Crippen MR) is 86.5 cm³/mol. The number of aromatic nitrogens is 3. The molecule has 0 saturated carbocycles. The molecular formula is C18H17N3O. The lowest BCUT2D eigenvalue weighted by molar-refractivity contribution is 0.241. The van der Waals surface area contributed by atoms with Crippen molar-refractivity contribution in [3.63, 3.8) is 0 Å². The van der Waals surface area contributed by atoms with Crippen molar-refractivity contribution in [2.75, 3.05) is 0 Å². The number of benzene rings is 1. The molecule has 0 spiro atoms. The lowest BCUT2D eigenvalue weighted by Gasteiger charge is -2.10. The average molecular weight is 291 g/mol. The van der Waals surface area contributed by atoms with Crippen molar-refractivity contribution in [3.8, 4) is 28.0 Å². The molecule has 22 heavy (non-hydrogen) atoms. The Balaban J connectivity index is 1.87. The highest BCUT2D eigenvalue weighted by atomic mass is 16.5. The molecule has 0 atom stereocenters. The highest BCUT2D eigenvalue weighted by molar-refractivity contribution is 5.70. The zero-order valence-electron chi connectivity index (χ0n) is 12.6. The number of hydrogen-bond donors (Lipinski definition) is 0. The molecule has 0 bridgehead atoms. The molecule has 2 heterocycles. The van der Waals surface area contributed by atoms with Crippen LogP contribution in [0.4, 0.5) is 0 Å². The fraction of sp³-hybridized carbons (Fsp3) is 0.167. The Labute approximate surface area is 129 Å². The van der Waals surface area contributed by atoms with Crippen molar-refractivity contribution >= 4 is 0 Å². The molecule has 0 saturated heterocycles. The van der Waals surface area contributed by atoms with Crippen LogP contribution in [0, 0.1) is 0 Å². The van der Waals surface area contributed by atoms with Crippen LogP contribution in [0.25, 0.3) is 22.3 Å². The topological polar surface area (TPSA) is 47.9 Å². The normalized spacial score (nSPS) is 10.7. The first-order valence-electron chi connectivity index (χ1n) is 7.21. The molecule has 1 aromatic carbocycles. The third-order valence-electron chi connectivity index (χ3n) is 3.22. The maximum Gasteiger partial charge on any atom is 0.138 e. The van der Waals surface area contributed by atoms with Crippen LogP contribution in [0.15, 0.2) is 61.2 Å². The van der Waals surface area contributed by atoms with Crippen LogP contribution in [0.5, 0.6) is 5.75 Å². The van der Waals surface area contributed by atoms with E-state index in [9.17, 15) is 0 Å². The smallest absolute Gasteiger partial charge is 0.138 e. The summed E-state index contributed by atoms with van der Waals surface area (Å²) in [6, 6.07) is 12.2. The summed E-state index contributed by atoms with van der Waals surface area (Å²) in [5.41, 5.74) is 4.31. The standard InChI is InChI=1S/C18H17N3O/c1-13(2)22-18-9-17(10-19-12-18)15-5-3-14(4-6-15)16-7-8-20-21-11-16/h3-13H,1-2H3. The van der Waals surface area contributed by atoms with Crippen molar-refractivity contribution < 1.29 is 4.74 Å². The first-order chi connectivity index (χ1) is 10.7. The van der Waals surface area contributed by atoms with E-state index >= 15 is 0 Å². The predicted octanol–water partition coefficient (Wildman–Crippen LogP) is 3.99. The Kier molecular flexibility index (Phi) is 4.10. The second-order valence-corrected chi connectivity index (χ2v) is 5.28. The van der Waals surface area contributed by atoms with Gasteiger partial charge >= 0.3 is 0 Å². The molecular weight excluding hydrogens is 274 g/mol. The first kappa shape index (κ1) is 14.2. The van der Waals surface area contributed by atoms with Gasteiger partial charge in [0, 0.05) is 17.3 Å². The average Bonchev–Trinajstić information content (AvgIpc) is 2.55. The first-order valence-corrected chi connectivity index (χ1v) is 7.21. The molecule has 0 aliphatic heterocycles. The largest absolute Gasteiger partial charge is 0.489 e. The summed E-state index contributed by atoms with van der Waals surface area (Å²) in [5.74, 6) is 0.787. The van der Waals surface area contributed by atoms with E-state index in [4.69, 9.17) is 4.74 Å². The monoisotopic (exact) mass is 291 g/mol. The van der Waals surface area contributed by atoms with Gasteiger partial charge in [0.25, 0.3) is 0 Å². The third kappa shape index (κ3) is 3.28. The molecule has 0 unspecified atom stereocenters. The third-order valence-corrected chi connectivity index (χ3v) is 3.22.